The number of hydrogen-bond donors (Lipinski definition) is 0. The molecule has 11 aromatic rings. The van der Waals surface area contributed by atoms with E-state index in [0.29, 0.717) is 0 Å². The molecule has 310 valence electrons. The first-order chi connectivity index (χ1) is 32.7. The van der Waals surface area contributed by atoms with Gasteiger partial charge in [-0.05, 0) is 141 Å². The molecule has 0 N–H and O–H groups in total. The summed E-state index contributed by atoms with van der Waals surface area (Å²) >= 11 is 0. The van der Waals surface area contributed by atoms with Crippen molar-refractivity contribution in [3.05, 3.63) is 277 Å². The lowest BCUT2D eigenvalue weighted by Gasteiger charge is -2.31. The lowest BCUT2D eigenvalue weighted by molar-refractivity contribution is 0.507. The molecule has 3 heteroatoms. The Morgan fingerprint density at radius 2 is 0.742 bits per heavy atom. The number of benzene rings is 10. The molecule has 0 bridgehead atoms. The minimum atomic E-state index is -0.715. The van der Waals surface area contributed by atoms with Crippen molar-refractivity contribution in [1.82, 2.24) is 0 Å². The molecule has 0 fully saturated rings. The normalized spacial score (nSPS) is 14.1. The number of rotatable bonds is 8. The maximum Gasteiger partial charge on any atom is 0.135 e. The van der Waals surface area contributed by atoms with E-state index in [4.69, 9.17) is 4.42 Å². The van der Waals surface area contributed by atoms with Gasteiger partial charge in [0, 0.05) is 45.1 Å². The molecule has 2 aliphatic carbocycles. The SMILES string of the molecule is c1ccc(-c2cccc(N(c3ccccc3)c3ccc4c(c3)C3(c5ccccc5-c5ccc(-c6ccc(N(c7ccccc7)c7ccccc7)cc6)cc53)c3oc5ccccc5c3-4)c2)cc1. The average molecular weight is 843 g/mol. The Morgan fingerprint density at radius 1 is 0.288 bits per heavy atom. The summed E-state index contributed by atoms with van der Waals surface area (Å²) < 4.78 is 7.23. The van der Waals surface area contributed by atoms with E-state index in [9.17, 15) is 0 Å². The van der Waals surface area contributed by atoms with Crippen molar-refractivity contribution in [2.75, 3.05) is 9.80 Å². The second kappa shape index (κ2) is 15.3. The molecule has 0 aliphatic heterocycles. The molecule has 1 atom stereocenters. The van der Waals surface area contributed by atoms with E-state index in [0.717, 1.165) is 62.0 Å². The Kier molecular flexibility index (Phi) is 8.75. The van der Waals surface area contributed by atoms with Crippen molar-refractivity contribution in [2.45, 2.75) is 5.41 Å². The Labute approximate surface area is 384 Å². The molecule has 66 heavy (non-hydrogen) atoms. The first kappa shape index (κ1) is 37.9. The fraction of sp³-hybridized carbons (Fsp3) is 0.0159. The number of para-hydroxylation sites is 4. The Balaban J connectivity index is 1.01. The quantitative estimate of drug-likeness (QED) is 0.152. The third-order valence-electron chi connectivity index (χ3n) is 13.6. The molecule has 0 radical (unpaired) electrons. The standard InChI is InChI=1S/C63H42N2O/c1-5-18-43(19-6-1)45-20-17-27-51(40-45)65(49-25-11-4-12-26-49)52-37-39-55-59(42-52)63(62-61(55)56-29-14-16-31-60(56)66-62)57-30-15-13-28-53(57)54-38-34-46(41-58(54)63)44-32-35-50(36-33-44)64(47-21-7-2-8-22-47)48-23-9-3-10-24-48/h1-42H. The van der Waals surface area contributed by atoms with E-state index < -0.39 is 5.41 Å². The second-order valence-electron chi connectivity index (χ2n) is 17.2. The van der Waals surface area contributed by atoms with Crippen LogP contribution < -0.4 is 9.80 Å². The van der Waals surface area contributed by atoms with Gasteiger partial charge in [-0.2, -0.15) is 0 Å². The first-order valence-corrected chi connectivity index (χ1v) is 22.7. The van der Waals surface area contributed by atoms with Gasteiger partial charge in [-0.25, -0.2) is 0 Å². The summed E-state index contributed by atoms with van der Waals surface area (Å²) in [7, 11) is 0. The highest BCUT2D eigenvalue weighted by Crippen LogP contribution is 2.65. The number of hydrogen-bond acceptors (Lipinski definition) is 3. The molecule has 0 amide bonds. The van der Waals surface area contributed by atoms with Gasteiger partial charge >= 0.3 is 0 Å². The molecule has 2 aliphatic rings. The van der Waals surface area contributed by atoms with Crippen LogP contribution in [0.3, 0.4) is 0 Å². The van der Waals surface area contributed by atoms with Gasteiger partial charge in [0.25, 0.3) is 0 Å². The third kappa shape index (κ3) is 5.84. The number of nitrogens with zero attached hydrogens (tertiary/aromatic N) is 2. The van der Waals surface area contributed by atoms with E-state index in [1.807, 2.05) is 0 Å². The zero-order valence-electron chi connectivity index (χ0n) is 36.1. The zero-order chi connectivity index (χ0) is 43.6. The van der Waals surface area contributed by atoms with Gasteiger partial charge in [0.05, 0.1) is 0 Å². The largest absolute Gasteiger partial charge is 0.459 e. The molecule has 10 aromatic carbocycles. The van der Waals surface area contributed by atoms with Gasteiger partial charge in [0.15, 0.2) is 0 Å². The second-order valence-corrected chi connectivity index (χ2v) is 17.2. The zero-order valence-corrected chi connectivity index (χ0v) is 36.1. The van der Waals surface area contributed by atoms with E-state index in [1.165, 1.54) is 50.1 Å². The average Bonchev–Trinajstić information content (AvgIpc) is 4.01. The predicted molar refractivity (Wildman–Crippen MR) is 273 cm³/mol. The van der Waals surface area contributed by atoms with E-state index >= 15 is 0 Å². The molecule has 1 unspecified atom stereocenters. The van der Waals surface area contributed by atoms with Gasteiger partial charge in [0.2, 0.25) is 0 Å². The summed E-state index contributed by atoms with van der Waals surface area (Å²) in [5.74, 6) is 0.980. The maximum absolute atomic E-state index is 7.23. The molecule has 1 aromatic heterocycles. The Bertz CT molecular complexity index is 3540. The van der Waals surface area contributed by atoms with Crippen LogP contribution in [0, 0.1) is 0 Å². The van der Waals surface area contributed by atoms with E-state index in [2.05, 4.69) is 265 Å². The highest BCUT2D eigenvalue weighted by Gasteiger charge is 2.55. The van der Waals surface area contributed by atoms with Crippen LogP contribution in [0.2, 0.25) is 0 Å². The van der Waals surface area contributed by atoms with Crippen molar-refractivity contribution in [3.8, 4) is 44.5 Å². The van der Waals surface area contributed by atoms with Gasteiger partial charge in [0.1, 0.15) is 16.8 Å². The topological polar surface area (TPSA) is 19.6 Å². The van der Waals surface area contributed by atoms with E-state index in [1.54, 1.807) is 0 Å². The molecule has 13 rings (SSSR count). The number of anilines is 6. The Hall–Kier alpha value is -8.66. The molecular formula is C63H42N2O. The molecule has 1 heterocycles. The van der Waals surface area contributed by atoms with Crippen molar-refractivity contribution in [2.24, 2.45) is 0 Å². The van der Waals surface area contributed by atoms with Crippen LogP contribution >= 0.6 is 0 Å². The molecular weight excluding hydrogens is 801 g/mol. The smallest absolute Gasteiger partial charge is 0.135 e. The summed E-state index contributed by atoms with van der Waals surface area (Å²) in [4.78, 5) is 4.71. The van der Waals surface area contributed by atoms with Crippen LogP contribution in [0.1, 0.15) is 22.5 Å². The number of fused-ring (bicyclic) bond motifs is 12. The summed E-state index contributed by atoms with van der Waals surface area (Å²) in [6.45, 7) is 0. The summed E-state index contributed by atoms with van der Waals surface area (Å²) in [5.41, 5.74) is 20.0. The molecule has 0 saturated heterocycles. The number of furan rings is 1. The molecule has 3 nitrogen and oxygen atoms in total. The van der Waals surface area contributed by atoms with E-state index in [-0.39, 0.29) is 0 Å². The van der Waals surface area contributed by atoms with Crippen LogP contribution in [0.4, 0.5) is 34.1 Å². The van der Waals surface area contributed by atoms with Crippen LogP contribution in [-0.2, 0) is 5.41 Å². The summed E-state index contributed by atoms with van der Waals surface area (Å²) in [6, 6.07) is 92.1. The lowest BCUT2D eigenvalue weighted by Crippen LogP contribution is -2.26. The van der Waals surface area contributed by atoms with Crippen molar-refractivity contribution in [3.63, 3.8) is 0 Å². The fourth-order valence-corrected chi connectivity index (χ4v) is 10.8. The maximum atomic E-state index is 7.23. The predicted octanol–water partition coefficient (Wildman–Crippen LogP) is 17.0. The van der Waals surface area contributed by atoms with Crippen LogP contribution in [0.5, 0.6) is 0 Å². The Morgan fingerprint density at radius 3 is 1.45 bits per heavy atom. The third-order valence-corrected chi connectivity index (χ3v) is 13.6. The molecule has 0 saturated carbocycles. The highest BCUT2D eigenvalue weighted by atomic mass is 16.3. The van der Waals surface area contributed by atoms with Crippen molar-refractivity contribution < 1.29 is 4.42 Å². The van der Waals surface area contributed by atoms with Gasteiger partial charge in [-0.3, -0.25) is 0 Å². The van der Waals surface area contributed by atoms with Gasteiger partial charge < -0.3 is 14.2 Å². The minimum Gasteiger partial charge on any atom is -0.459 e. The van der Waals surface area contributed by atoms with Crippen molar-refractivity contribution >= 4 is 45.1 Å². The van der Waals surface area contributed by atoms with Crippen LogP contribution in [0.15, 0.2) is 259 Å². The summed E-state index contributed by atoms with van der Waals surface area (Å²) in [5, 5.41) is 1.13. The monoisotopic (exact) mass is 842 g/mol. The van der Waals surface area contributed by atoms with Crippen LogP contribution in [-0.4, -0.2) is 0 Å². The van der Waals surface area contributed by atoms with Crippen molar-refractivity contribution in [1.29, 1.82) is 0 Å². The fourth-order valence-electron chi connectivity index (χ4n) is 10.8. The van der Waals surface area contributed by atoms with Gasteiger partial charge in [-0.15, -0.1) is 0 Å². The van der Waals surface area contributed by atoms with Crippen LogP contribution in [0.25, 0.3) is 55.5 Å². The first-order valence-electron chi connectivity index (χ1n) is 22.7. The summed E-state index contributed by atoms with van der Waals surface area (Å²) in [6.07, 6.45) is 0. The highest BCUT2D eigenvalue weighted by molar-refractivity contribution is 6.05. The lowest BCUT2D eigenvalue weighted by atomic mass is 9.72. The molecule has 1 spiro atoms. The van der Waals surface area contributed by atoms with Gasteiger partial charge in [-0.1, -0.05) is 170 Å². The minimum absolute atomic E-state index is 0.715.